The van der Waals surface area contributed by atoms with Gasteiger partial charge in [-0.15, -0.1) is 0 Å². The first-order chi connectivity index (χ1) is 43.2. The van der Waals surface area contributed by atoms with Crippen molar-refractivity contribution < 1.29 is 80.2 Å². The van der Waals surface area contributed by atoms with E-state index in [2.05, 4.69) is 55.4 Å². The van der Waals surface area contributed by atoms with Crippen molar-refractivity contribution in [2.24, 2.45) is 23.7 Å². The lowest BCUT2D eigenvalue weighted by atomic mass is 9.99. The summed E-state index contributed by atoms with van der Waals surface area (Å²) in [7, 11) is -9.90. The van der Waals surface area contributed by atoms with Gasteiger partial charge in [0.25, 0.3) is 0 Å². The normalized spacial score (nSPS) is 15.2. The van der Waals surface area contributed by atoms with E-state index in [-0.39, 0.29) is 25.7 Å². The molecule has 534 valence electrons. The molecule has 0 saturated heterocycles. The molecule has 0 aromatic rings. The monoisotopic (exact) mass is 1320 g/mol. The summed E-state index contributed by atoms with van der Waals surface area (Å²) in [6.07, 6.45) is 43.0. The third-order valence-electron chi connectivity index (χ3n) is 17.4. The molecule has 3 N–H and O–H groups in total. The van der Waals surface area contributed by atoms with Crippen LogP contribution in [0, 0.1) is 23.7 Å². The van der Waals surface area contributed by atoms with Crippen LogP contribution in [-0.4, -0.2) is 96.7 Å². The van der Waals surface area contributed by atoms with Crippen LogP contribution in [0.5, 0.6) is 0 Å². The molecule has 0 radical (unpaired) electrons. The largest absolute Gasteiger partial charge is 0.472 e. The minimum absolute atomic E-state index is 0.102. The van der Waals surface area contributed by atoms with Gasteiger partial charge < -0.3 is 33.8 Å². The molecule has 8 atom stereocenters. The number of aliphatic hydroxyl groups excluding tert-OH is 1. The van der Waals surface area contributed by atoms with Crippen LogP contribution in [-0.2, 0) is 65.4 Å². The van der Waals surface area contributed by atoms with Crippen LogP contribution >= 0.6 is 15.6 Å². The van der Waals surface area contributed by atoms with Crippen LogP contribution < -0.4 is 0 Å². The fourth-order valence-electron chi connectivity index (χ4n) is 10.6. The highest BCUT2D eigenvalue weighted by molar-refractivity contribution is 7.47. The first-order valence-corrected chi connectivity index (χ1v) is 39.8. The van der Waals surface area contributed by atoms with Gasteiger partial charge in [-0.25, -0.2) is 9.13 Å². The summed E-state index contributed by atoms with van der Waals surface area (Å²) in [6.45, 7) is 14.1. The fourth-order valence-corrected chi connectivity index (χ4v) is 12.1. The molecule has 0 aromatic carbocycles. The topological polar surface area (TPSA) is 237 Å². The summed E-state index contributed by atoms with van der Waals surface area (Å²) >= 11 is 0. The van der Waals surface area contributed by atoms with E-state index >= 15 is 0 Å². The average molecular weight is 1330 g/mol. The number of phosphoric acid groups is 2. The molecule has 19 heteroatoms. The van der Waals surface area contributed by atoms with Gasteiger partial charge in [0.15, 0.2) is 12.2 Å². The smallest absolute Gasteiger partial charge is 0.462 e. The number of rotatable bonds is 68. The number of unbranched alkanes of at least 4 members (excludes halogenated alkanes) is 31. The Morgan fingerprint density at radius 2 is 0.533 bits per heavy atom. The number of phosphoric ester groups is 2. The van der Waals surface area contributed by atoms with E-state index < -0.39 is 97.5 Å². The summed E-state index contributed by atoms with van der Waals surface area (Å²) in [5, 5.41) is 10.6. The first-order valence-electron chi connectivity index (χ1n) is 36.8. The van der Waals surface area contributed by atoms with Crippen molar-refractivity contribution in [2.75, 3.05) is 39.6 Å². The molecule has 0 amide bonds. The first kappa shape index (κ1) is 88.1. The Kier molecular flexibility index (Phi) is 59.4. The number of hydrogen-bond donors (Lipinski definition) is 3. The van der Waals surface area contributed by atoms with E-state index in [9.17, 15) is 43.2 Å². The third kappa shape index (κ3) is 61.0. The Hall–Kier alpha value is -1.94. The lowest BCUT2D eigenvalue weighted by Gasteiger charge is -2.21. The van der Waals surface area contributed by atoms with Crippen molar-refractivity contribution >= 4 is 39.5 Å². The molecular formula is C71H138O17P2. The van der Waals surface area contributed by atoms with Gasteiger partial charge in [-0.3, -0.25) is 37.3 Å². The molecule has 90 heavy (non-hydrogen) atoms. The Bertz CT molecular complexity index is 1790. The van der Waals surface area contributed by atoms with E-state index in [0.29, 0.717) is 25.7 Å². The second-order valence-corrected chi connectivity index (χ2v) is 29.7. The number of carbonyl (C=O) groups is 4. The molecule has 17 nitrogen and oxygen atoms in total. The van der Waals surface area contributed by atoms with E-state index in [4.69, 9.17) is 37.0 Å². The zero-order valence-electron chi connectivity index (χ0n) is 58.8. The van der Waals surface area contributed by atoms with Crippen molar-refractivity contribution in [3.63, 3.8) is 0 Å². The zero-order chi connectivity index (χ0) is 66.8. The molecule has 0 heterocycles. The SMILES string of the molecule is CCC(C)CCCCCCCCCCCCC(=O)OC[C@H](COP(=O)(O)OC[C@@H](O)COP(=O)(O)OC[C@@H](COC(=O)CCCCCCCCC(C)CC)OC(=O)CCCCCCCCCCCCCCCC(C)C)OC(=O)CCCCCCCCC(C)CC. The molecule has 0 aromatic heterocycles. The molecule has 0 fully saturated rings. The van der Waals surface area contributed by atoms with Crippen LogP contribution in [0.4, 0.5) is 0 Å². The van der Waals surface area contributed by atoms with Crippen LogP contribution in [0.3, 0.4) is 0 Å². The zero-order valence-corrected chi connectivity index (χ0v) is 60.6. The number of aliphatic hydroxyl groups is 1. The van der Waals surface area contributed by atoms with Crippen LogP contribution in [0.15, 0.2) is 0 Å². The van der Waals surface area contributed by atoms with Crippen molar-refractivity contribution in [1.82, 2.24) is 0 Å². The standard InChI is InChI=1S/C71H138O17P2/c1-9-62(6)48-40-32-24-20-17-18-21-25-35-43-51-68(73)81-57-67(88-71(76)54-46-38-30-28-34-42-50-64(8)11-3)60-86-90(79,80)84-56-65(72)55-83-89(77,78)85-59-66(58-82-69(74)52-44-36-29-27-33-41-49-63(7)10-2)87-70(75)53-45-37-26-22-16-14-12-13-15-19-23-31-39-47-61(4)5/h61-67,72H,9-60H2,1-8H3,(H,77,78)(H,79,80)/t62?,63?,64?,65-,66+,67+/m0/s1. The summed E-state index contributed by atoms with van der Waals surface area (Å²) in [4.78, 5) is 72.6. The average Bonchev–Trinajstić information content (AvgIpc) is 3.63. The number of hydrogen-bond acceptors (Lipinski definition) is 15. The lowest BCUT2D eigenvalue weighted by molar-refractivity contribution is -0.161. The van der Waals surface area contributed by atoms with Gasteiger partial charge >= 0.3 is 39.5 Å². The van der Waals surface area contributed by atoms with E-state index in [1.165, 1.54) is 148 Å². The summed E-state index contributed by atoms with van der Waals surface area (Å²) in [6, 6.07) is 0. The molecule has 0 aliphatic rings. The Morgan fingerprint density at radius 1 is 0.311 bits per heavy atom. The molecule has 0 bridgehead atoms. The number of esters is 4. The van der Waals surface area contributed by atoms with Crippen molar-refractivity contribution in [3.05, 3.63) is 0 Å². The number of carbonyl (C=O) groups excluding carboxylic acids is 4. The van der Waals surface area contributed by atoms with Crippen molar-refractivity contribution in [3.8, 4) is 0 Å². The van der Waals surface area contributed by atoms with Gasteiger partial charge in [0.1, 0.15) is 19.3 Å². The molecule has 0 aliphatic heterocycles. The quantitative estimate of drug-likeness (QED) is 0.0222. The summed E-state index contributed by atoms with van der Waals surface area (Å²) in [5.41, 5.74) is 0. The maximum Gasteiger partial charge on any atom is 0.472 e. The molecule has 0 spiro atoms. The fraction of sp³-hybridized carbons (Fsp3) is 0.944. The predicted octanol–water partition coefficient (Wildman–Crippen LogP) is 20.1. The van der Waals surface area contributed by atoms with Crippen LogP contribution in [0.25, 0.3) is 0 Å². The highest BCUT2D eigenvalue weighted by atomic mass is 31.2. The Morgan fingerprint density at radius 3 is 0.789 bits per heavy atom. The molecule has 5 unspecified atom stereocenters. The summed E-state index contributed by atoms with van der Waals surface area (Å²) < 4.78 is 68.3. The molecule has 0 saturated carbocycles. The van der Waals surface area contributed by atoms with Gasteiger partial charge in [0, 0.05) is 25.7 Å². The maximum absolute atomic E-state index is 13.0. The predicted molar refractivity (Wildman–Crippen MR) is 363 cm³/mol. The highest BCUT2D eigenvalue weighted by Gasteiger charge is 2.30. The molecule has 0 aliphatic carbocycles. The molecule has 0 rings (SSSR count). The van der Waals surface area contributed by atoms with Crippen LogP contribution in [0.1, 0.15) is 351 Å². The molecular weight excluding hydrogens is 1190 g/mol. The number of ether oxygens (including phenoxy) is 4. The lowest BCUT2D eigenvalue weighted by Crippen LogP contribution is -2.30. The second-order valence-electron chi connectivity index (χ2n) is 26.8. The van der Waals surface area contributed by atoms with E-state index in [1.54, 1.807) is 0 Å². The summed E-state index contributed by atoms with van der Waals surface area (Å²) in [5.74, 6) is 0.916. The van der Waals surface area contributed by atoms with E-state index in [0.717, 1.165) is 120 Å². The maximum atomic E-state index is 13.0. The van der Waals surface area contributed by atoms with Gasteiger partial charge in [0.05, 0.1) is 26.4 Å². The van der Waals surface area contributed by atoms with Crippen LogP contribution in [0.2, 0.25) is 0 Å². The van der Waals surface area contributed by atoms with Gasteiger partial charge in [-0.2, -0.15) is 0 Å². The van der Waals surface area contributed by atoms with Gasteiger partial charge in [-0.05, 0) is 49.4 Å². The van der Waals surface area contributed by atoms with Crippen molar-refractivity contribution in [2.45, 2.75) is 369 Å². The minimum atomic E-state index is -4.95. The highest BCUT2D eigenvalue weighted by Crippen LogP contribution is 2.45. The van der Waals surface area contributed by atoms with Gasteiger partial charge in [0.2, 0.25) is 0 Å². The van der Waals surface area contributed by atoms with Crippen molar-refractivity contribution in [1.29, 1.82) is 0 Å². The minimum Gasteiger partial charge on any atom is -0.462 e. The van der Waals surface area contributed by atoms with Gasteiger partial charge in [-0.1, -0.05) is 299 Å². The Balaban J connectivity index is 5.24. The van der Waals surface area contributed by atoms with E-state index in [1.807, 2.05) is 0 Å². The Labute approximate surface area is 549 Å². The second kappa shape index (κ2) is 60.7. The third-order valence-corrected chi connectivity index (χ3v) is 19.3.